The Labute approximate surface area is 56.9 Å². The summed E-state index contributed by atoms with van der Waals surface area (Å²) in [5.74, 6) is 0. The molecule has 1 nitrogen and oxygen atoms in total. The maximum absolute atomic E-state index is 2.25. The molecule has 0 saturated heterocycles. The molecule has 1 aliphatic heterocycles. The Morgan fingerprint density at radius 3 is 1.89 bits per heavy atom. The molecule has 1 rings (SSSR count). The predicted molar refractivity (Wildman–Crippen MR) is 39.6 cm³/mol. The highest BCUT2D eigenvalue weighted by atomic mass is 15.3. The van der Waals surface area contributed by atoms with Crippen molar-refractivity contribution in [3.8, 4) is 0 Å². The lowest BCUT2D eigenvalue weighted by molar-refractivity contribution is -0.796. The smallest absolute Gasteiger partial charge is 0.110 e. The van der Waals surface area contributed by atoms with Gasteiger partial charge in [-0.3, -0.25) is 4.48 Å². The molecule has 1 heterocycles. The summed E-state index contributed by atoms with van der Waals surface area (Å²) in [5.41, 5.74) is 2.78. The normalized spacial score (nSPS) is 23.6. The first-order valence-electron chi connectivity index (χ1n) is 3.24. The van der Waals surface area contributed by atoms with Crippen molar-refractivity contribution in [2.24, 2.45) is 0 Å². The minimum atomic E-state index is 0.922. The van der Waals surface area contributed by atoms with E-state index >= 15 is 0 Å². The molecule has 0 spiro atoms. The molecule has 0 fully saturated rings. The highest BCUT2D eigenvalue weighted by Gasteiger charge is 2.20. The largest absolute Gasteiger partial charge is 0.273 e. The number of hydrogen-bond acceptors (Lipinski definition) is 0. The Bertz CT molecular complexity index is 185. The third-order valence-electron chi connectivity index (χ3n) is 1.87. The summed E-state index contributed by atoms with van der Waals surface area (Å²) in [6.07, 6.45) is 4.47. The molecule has 1 heteroatoms. The fourth-order valence-electron chi connectivity index (χ4n) is 1.14. The zero-order valence-corrected chi connectivity index (χ0v) is 6.60. The van der Waals surface area contributed by atoms with E-state index in [0.717, 1.165) is 4.48 Å². The maximum Gasteiger partial charge on any atom is 0.110 e. The van der Waals surface area contributed by atoms with Crippen LogP contribution in [0, 0.1) is 0 Å². The number of quaternary nitrogens is 1. The number of allylic oxidation sites excluding steroid dienone is 3. The Balaban J connectivity index is 2.96. The summed E-state index contributed by atoms with van der Waals surface area (Å²) in [7, 11) is 4.37. The third-order valence-corrected chi connectivity index (χ3v) is 1.87. The first kappa shape index (κ1) is 6.56. The molecule has 0 unspecified atom stereocenters. The average Bonchev–Trinajstić information content (AvgIpc) is 1.79. The van der Waals surface area contributed by atoms with Crippen molar-refractivity contribution >= 4 is 0 Å². The van der Waals surface area contributed by atoms with Gasteiger partial charge in [-0.25, -0.2) is 0 Å². The van der Waals surface area contributed by atoms with Crippen molar-refractivity contribution < 1.29 is 4.48 Å². The molecule has 0 bridgehead atoms. The monoisotopic (exact) mass is 124 g/mol. The molecule has 1 aliphatic rings. The first-order chi connectivity index (χ1) is 4.02. The zero-order valence-electron chi connectivity index (χ0n) is 6.60. The van der Waals surface area contributed by atoms with Crippen LogP contribution < -0.4 is 0 Å². The molecule has 0 aromatic carbocycles. The van der Waals surface area contributed by atoms with E-state index in [1.54, 1.807) is 0 Å². The van der Waals surface area contributed by atoms with Crippen molar-refractivity contribution in [1.29, 1.82) is 0 Å². The van der Waals surface area contributed by atoms with Gasteiger partial charge in [0.25, 0.3) is 0 Å². The molecule has 0 N–H and O–H groups in total. The molecule has 50 valence electrons. The molecule has 0 atom stereocenters. The van der Waals surface area contributed by atoms with Gasteiger partial charge < -0.3 is 0 Å². The highest BCUT2D eigenvalue weighted by molar-refractivity contribution is 5.21. The quantitative estimate of drug-likeness (QED) is 0.432. The second-order valence-corrected chi connectivity index (χ2v) is 3.20. The van der Waals surface area contributed by atoms with Crippen LogP contribution in [0.4, 0.5) is 0 Å². The zero-order chi connectivity index (χ0) is 7.07. The Kier molecular flexibility index (Phi) is 1.24. The summed E-state index contributed by atoms with van der Waals surface area (Å²) >= 11 is 0. The van der Waals surface area contributed by atoms with E-state index in [4.69, 9.17) is 0 Å². The SMILES string of the molecule is CC1=C[N+](C)(C)C(C)=C1. The van der Waals surface area contributed by atoms with Crippen LogP contribution in [0.15, 0.2) is 23.5 Å². The van der Waals surface area contributed by atoms with Crippen LogP contribution in [0.1, 0.15) is 13.8 Å². The van der Waals surface area contributed by atoms with E-state index in [-0.39, 0.29) is 0 Å². The molecule has 0 aromatic rings. The second-order valence-electron chi connectivity index (χ2n) is 3.20. The van der Waals surface area contributed by atoms with Crippen molar-refractivity contribution in [2.75, 3.05) is 14.1 Å². The third kappa shape index (κ3) is 1.06. The fourth-order valence-corrected chi connectivity index (χ4v) is 1.14. The lowest BCUT2D eigenvalue weighted by Gasteiger charge is -2.20. The summed E-state index contributed by atoms with van der Waals surface area (Å²) < 4.78 is 0.922. The Morgan fingerprint density at radius 1 is 1.22 bits per heavy atom. The van der Waals surface area contributed by atoms with Crippen molar-refractivity contribution in [1.82, 2.24) is 0 Å². The van der Waals surface area contributed by atoms with Crippen molar-refractivity contribution in [3.63, 3.8) is 0 Å². The van der Waals surface area contributed by atoms with E-state index in [1.165, 1.54) is 11.3 Å². The molecule has 0 aliphatic carbocycles. The van der Waals surface area contributed by atoms with Gasteiger partial charge >= 0.3 is 0 Å². The topological polar surface area (TPSA) is 0 Å². The van der Waals surface area contributed by atoms with Gasteiger partial charge in [-0.1, -0.05) is 0 Å². The van der Waals surface area contributed by atoms with E-state index in [1.807, 2.05) is 0 Å². The van der Waals surface area contributed by atoms with Gasteiger partial charge in [0.05, 0.1) is 14.1 Å². The van der Waals surface area contributed by atoms with Gasteiger partial charge in [0.15, 0.2) is 0 Å². The van der Waals surface area contributed by atoms with Crippen LogP contribution >= 0.6 is 0 Å². The molecule has 0 aromatic heterocycles. The lowest BCUT2D eigenvalue weighted by Crippen LogP contribution is -2.28. The van der Waals surface area contributed by atoms with Gasteiger partial charge in [-0.05, 0) is 6.92 Å². The van der Waals surface area contributed by atoms with Crippen LogP contribution in [0.2, 0.25) is 0 Å². The summed E-state index contributed by atoms with van der Waals surface area (Å²) in [5, 5.41) is 0. The molecule has 9 heavy (non-hydrogen) atoms. The van der Waals surface area contributed by atoms with Crippen molar-refractivity contribution in [3.05, 3.63) is 23.5 Å². The first-order valence-corrected chi connectivity index (χ1v) is 3.24. The molecule has 0 amide bonds. The van der Waals surface area contributed by atoms with Gasteiger partial charge in [0, 0.05) is 18.6 Å². The predicted octanol–water partition coefficient (Wildman–Crippen LogP) is 1.88. The second kappa shape index (κ2) is 1.71. The Hall–Kier alpha value is -0.560. The van der Waals surface area contributed by atoms with Crippen molar-refractivity contribution in [2.45, 2.75) is 13.8 Å². The molecule has 0 saturated carbocycles. The summed E-state index contributed by atoms with van der Waals surface area (Å²) in [6, 6.07) is 0. The van der Waals surface area contributed by atoms with E-state index in [2.05, 4.69) is 40.2 Å². The van der Waals surface area contributed by atoms with Gasteiger partial charge in [0.1, 0.15) is 11.9 Å². The van der Waals surface area contributed by atoms with Gasteiger partial charge in [-0.15, -0.1) is 0 Å². The summed E-state index contributed by atoms with van der Waals surface area (Å²) in [4.78, 5) is 0. The summed E-state index contributed by atoms with van der Waals surface area (Å²) in [6.45, 7) is 4.30. The van der Waals surface area contributed by atoms with Crippen LogP contribution in [0.3, 0.4) is 0 Å². The minimum Gasteiger partial charge on any atom is -0.273 e. The van der Waals surface area contributed by atoms with Gasteiger partial charge in [-0.2, -0.15) is 0 Å². The van der Waals surface area contributed by atoms with Crippen LogP contribution in [0.5, 0.6) is 0 Å². The average molecular weight is 124 g/mol. The van der Waals surface area contributed by atoms with E-state index < -0.39 is 0 Å². The standard InChI is InChI=1S/C8H14N/c1-7-5-8(2)9(3,4)6-7/h5-6H,1-4H3/q+1. The number of hydrogen-bond donors (Lipinski definition) is 0. The minimum absolute atomic E-state index is 0.922. The van der Waals surface area contributed by atoms with Crippen LogP contribution in [-0.4, -0.2) is 18.6 Å². The fraction of sp³-hybridized carbons (Fsp3) is 0.500. The number of rotatable bonds is 0. The van der Waals surface area contributed by atoms with Crippen LogP contribution in [-0.2, 0) is 0 Å². The van der Waals surface area contributed by atoms with Crippen LogP contribution in [0.25, 0.3) is 0 Å². The van der Waals surface area contributed by atoms with E-state index in [0.29, 0.717) is 0 Å². The molecular weight excluding hydrogens is 110 g/mol. The van der Waals surface area contributed by atoms with Gasteiger partial charge in [0.2, 0.25) is 0 Å². The Morgan fingerprint density at radius 2 is 1.78 bits per heavy atom. The molecular formula is C8H14N+. The van der Waals surface area contributed by atoms with E-state index in [9.17, 15) is 0 Å². The molecule has 0 radical (unpaired) electrons. The lowest BCUT2D eigenvalue weighted by atomic mass is 10.3. The maximum atomic E-state index is 2.25. The highest BCUT2D eigenvalue weighted by Crippen LogP contribution is 2.22. The number of nitrogens with zero attached hydrogens (tertiary/aromatic N) is 1.